The van der Waals surface area contributed by atoms with E-state index in [0.717, 1.165) is 18.8 Å². The molecule has 3 nitrogen and oxygen atoms in total. The first-order valence-corrected chi connectivity index (χ1v) is 7.09. The number of rotatable bonds is 3. The summed E-state index contributed by atoms with van der Waals surface area (Å²) in [6, 6.07) is 8.95. The molecule has 19 heavy (non-hydrogen) atoms. The van der Waals surface area contributed by atoms with E-state index in [1.165, 1.54) is 5.69 Å². The minimum atomic E-state index is 0.158. The lowest BCUT2D eigenvalue weighted by Gasteiger charge is -2.47. The first-order chi connectivity index (χ1) is 8.93. The Hall–Kier alpha value is -1.22. The molecule has 0 aromatic heterocycles. The molecule has 0 bridgehead atoms. The fraction of sp³-hybridized carbons (Fsp3) is 0.625. The average Bonchev–Trinajstić information content (AvgIpc) is 2.37. The number of benzene rings is 1. The molecular weight excluding hydrogens is 236 g/mol. The summed E-state index contributed by atoms with van der Waals surface area (Å²) in [5.41, 5.74) is 1.44. The first-order valence-electron chi connectivity index (χ1n) is 7.09. The van der Waals surface area contributed by atoms with Gasteiger partial charge in [0.1, 0.15) is 5.75 Å². The van der Waals surface area contributed by atoms with Crippen molar-refractivity contribution in [2.24, 2.45) is 5.92 Å². The molecule has 0 saturated carbocycles. The van der Waals surface area contributed by atoms with Crippen LogP contribution in [-0.2, 0) is 0 Å². The van der Waals surface area contributed by atoms with E-state index in [-0.39, 0.29) is 5.54 Å². The van der Waals surface area contributed by atoms with E-state index in [0.29, 0.717) is 12.0 Å². The van der Waals surface area contributed by atoms with Crippen molar-refractivity contribution in [1.29, 1.82) is 0 Å². The molecule has 1 aliphatic heterocycles. The van der Waals surface area contributed by atoms with Gasteiger partial charge >= 0.3 is 0 Å². The highest BCUT2D eigenvalue weighted by Gasteiger charge is 2.33. The molecular formula is C16H26N2O. The van der Waals surface area contributed by atoms with Crippen molar-refractivity contribution >= 4 is 5.69 Å². The van der Waals surface area contributed by atoms with Crippen LogP contribution in [0.3, 0.4) is 0 Å². The number of methoxy groups -OCH3 is 1. The third kappa shape index (κ3) is 3.21. The number of hydrogen-bond donors (Lipinski definition) is 1. The van der Waals surface area contributed by atoms with E-state index in [2.05, 4.69) is 50.0 Å². The molecule has 0 spiro atoms. The lowest BCUT2D eigenvalue weighted by atomic mass is 9.92. The van der Waals surface area contributed by atoms with Crippen LogP contribution in [0, 0.1) is 5.92 Å². The molecule has 1 heterocycles. The van der Waals surface area contributed by atoms with Crippen molar-refractivity contribution in [2.45, 2.75) is 39.3 Å². The topological polar surface area (TPSA) is 24.5 Å². The van der Waals surface area contributed by atoms with Gasteiger partial charge in [0.2, 0.25) is 0 Å². The Morgan fingerprint density at radius 2 is 1.89 bits per heavy atom. The van der Waals surface area contributed by atoms with Gasteiger partial charge in [-0.05, 0) is 44.0 Å². The SMILES string of the molecule is COc1ccc(N2CC(C)(C)NCC2C(C)C)cc1. The van der Waals surface area contributed by atoms with Crippen molar-refractivity contribution in [2.75, 3.05) is 25.1 Å². The molecule has 1 atom stereocenters. The van der Waals surface area contributed by atoms with Crippen molar-refractivity contribution < 1.29 is 4.74 Å². The average molecular weight is 262 g/mol. The summed E-state index contributed by atoms with van der Waals surface area (Å²) in [5.74, 6) is 1.55. The maximum absolute atomic E-state index is 5.24. The molecule has 0 radical (unpaired) electrons. The quantitative estimate of drug-likeness (QED) is 0.906. The van der Waals surface area contributed by atoms with Gasteiger partial charge in [-0.2, -0.15) is 0 Å². The molecule has 1 unspecified atom stereocenters. The number of nitrogens with zero attached hydrogens (tertiary/aromatic N) is 1. The van der Waals surface area contributed by atoms with Gasteiger partial charge in [-0.3, -0.25) is 0 Å². The van der Waals surface area contributed by atoms with Crippen LogP contribution >= 0.6 is 0 Å². The van der Waals surface area contributed by atoms with Gasteiger partial charge in [-0.25, -0.2) is 0 Å². The van der Waals surface area contributed by atoms with E-state index in [4.69, 9.17) is 4.74 Å². The molecule has 1 saturated heterocycles. The lowest BCUT2D eigenvalue weighted by Crippen LogP contribution is -2.63. The van der Waals surface area contributed by atoms with Gasteiger partial charge in [0.05, 0.1) is 7.11 Å². The molecule has 1 aromatic rings. The summed E-state index contributed by atoms with van der Waals surface area (Å²) in [7, 11) is 1.71. The van der Waals surface area contributed by atoms with Crippen molar-refractivity contribution in [3.63, 3.8) is 0 Å². The number of nitrogens with one attached hydrogen (secondary N) is 1. The van der Waals surface area contributed by atoms with E-state index in [1.807, 2.05) is 12.1 Å². The second kappa shape index (κ2) is 5.41. The Labute approximate surface area is 116 Å². The second-order valence-electron chi connectivity index (χ2n) is 6.40. The zero-order valence-electron chi connectivity index (χ0n) is 12.7. The Morgan fingerprint density at radius 3 is 2.42 bits per heavy atom. The van der Waals surface area contributed by atoms with E-state index >= 15 is 0 Å². The van der Waals surface area contributed by atoms with E-state index in [1.54, 1.807) is 7.11 Å². The van der Waals surface area contributed by atoms with Gasteiger partial charge in [0.15, 0.2) is 0 Å². The van der Waals surface area contributed by atoms with Crippen molar-refractivity contribution in [3.8, 4) is 5.75 Å². The Balaban J connectivity index is 2.25. The molecule has 0 aliphatic carbocycles. The maximum Gasteiger partial charge on any atom is 0.119 e. The minimum Gasteiger partial charge on any atom is -0.497 e. The Kier molecular flexibility index (Phi) is 4.04. The van der Waals surface area contributed by atoms with Gasteiger partial charge < -0.3 is 15.0 Å². The predicted molar refractivity (Wildman–Crippen MR) is 81.0 cm³/mol. The monoisotopic (exact) mass is 262 g/mol. The third-order valence-corrected chi connectivity index (χ3v) is 3.93. The summed E-state index contributed by atoms with van der Waals surface area (Å²) in [4.78, 5) is 2.53. The third-order valence-electron chi connectivity index (χ3n) is 3.93. The molecule has 1 N–H and O–H groups in total. The number of anilines is 1. The highest BCUT2D eigenvalue weighted by molar-refractivity contribution is 5.51. The van der Waals surface area contributed by atoms with Gasteiger partial charge in [0.25, 0.3) is 0 Å². The van der Waals surface area contributed by atoms with Gasteiger partial charge in [-0.15, -0.1) is 0 Å². The van der Waals surface area contributed by atoms with Crippen LogP contribution in [0.1, 0.15) is 27.7 Å². The zero-order chi connectivity index (χ0) is 14.0. The highest BCUT2D eigenvalue weighted by atomic mass is 16.5. The highest BCUT2D eigenvalue weighted by Crippen LogP contribution is 2.28. The lowest BCUT2D eigenvalue weighted by molar-refractivity contribution is 0.277. The summed E-state index contributed by atoms with van der Waals surface area (Å²) >= 11 is 0. The summed E-state index contributed by atoms with van der Waals surface area (Å²) in [5, 5.41) is 3.65. The fourth-order valence-electron chi connectivity index (χ4n) is 2.74. The predicted octanol–water partition coefficient (Wildman–Crippen LogP) is 2.91. The van der Waals surface area contributed by atoms with Crippen LogP contribution in [0.2, 0.25) is 0 Å². The smallest absolute Gasteiger partial charge is 0.119 e. The number of ether oxygens (including phenoxy) is 1. The van der Waals surface area contributed by atoms with Gasteiger partial charge in [-0.1, -0.05) is 13.8 Å². The molecule has 0 amide bonds. The van der Waals surface area contributed by atoms with E-state index in [9.17, 15) is 0 Å². The second-order valence-corrected chi connectivity index (χ2v) is 6.40. The standard InChI is InChI=1S/C16H26N2O/c1-12(2)15-10-17-16(3,4)11-18(15)13-6-8-14(19-5)9-7-13/h6-9,12,15,17H,10-11H2,1-5H3. The maximum atomic E-state index is 5.24. The van der Waals surface area contributed by atoms with Crippen molar-refractivity contribution in [1.82, 2.24) is 5.32 Å². The fourth-order valence-corrected chi connectivity index (χ4v) is 2.74. The zero-order valence-corrected chi connectivity index (χ0v) is 12.7. The molecule has 3 heteroatoms. The van der Waals surface area contributed by atoms with Crippen LogP contribution in [0.4, 0.5) is 5.69 Å². The number of hydrogen-bond acceptors (Lipinski definition) is 3. The first kappa shape index (κ1) is 14.2. The molecule has 1 aliphatic rings. The largest absolute Gasteiger partial charge is 0.497 e. The summed E-state index contributed by atoms with van der Waals surface area (Å²) in [6.07, 6.45) is 0. The van der Waals surface area contributed by atoms with Crippen LogP contribution in [-0.4, -0.2) is 31.8 Å². The van der Waals surface area contributed by atoms with Crippen LogP contribution in [0.25, 0.3) is 0 Å². The normalized spacial score (nSPS) is 22.6. The van der Waals surface area contributed by atoms with Crippen molar-refractivity contribution in [3.05, 3.63) is 24.3 Å². The van der Waals surface area contributed by atoms with Crippen LogP contribution in [0.5, 0.6) is 5.75 Å². The molecule has 1 fully saturated rings. The molecule has 2 rings (SSSR count). The summed E-state index contributed by atoms with van der Waals surface area (Å²) in [6.45, 7) is 11.2. The van der Waals surface area contributed by atoms with Gasteiger partial charge in [0, 0.05) is 30.4 Å². The minimum absolute atomic E-state index is 0.158. The Bertz CT molecular complexity index is 411. The number of piperazine rings is 1. The Morgan fingerprint density at radius 1 is 1.26 bits per heavy atom. The summed E-state index contributed by atoms with van der Waals surface area (Å²) < 4.78 is 5.24. The van der Waals surface area contributed by atoms with Crippen LogP contribution in [0.15, 0.2) is 24.3 Å². The molecule has 106 valence electrons. The van der Waals surface area contributed by atoms with Crippen LogP contribution < -0.4 is 15.0 Å². The molecule has 1 aromatic carbocycles. The van der Waals surface area contributed by atoms with E-state index < -0.39 is 0 Å².